The minimum atomic E-state index is -1.03. The molecule has 1 amide bonds. The van der Waals surface area contributed by atoms with Gasteiger partial charge < -0.3 is 4.90 Å². The molecule has 2 atom stereocenters. The largest absolute Gasteiger partial charge is 0.306 e. The van der Waals surface area contributed by atoms with Gasteiger partial charge in [-0.25, -0.2) is 4.39 Å². The Morgan fingerprint density at radius 2 is 1.74 bits per heavy atom. The van der Waals surface area contributed by atoms with E-state index >= 15 is 4.39 Å². The zero-order valence-electron chi connectivity index (χ0n) is 15.8. The highest BCUT2D eigenvalue weighted by molar-refractivity contribution is 5.93. The van der Waals surface area contributed by atoms with Crippen LogP contribution in [0.5, 0.6) is 0 Å². The van der Waals surface area contributed by atoms with Gasteiger partial charge in [0.2, 0.25) is 5.91 Å². The molecule has 2 aromatic rings. The van der Waals surface area contributed by atoms with E-state index < -0.39 is 6.17 Å². The molecule has 3 rings (SSSR count). The van der Waals surface area contributed by atoms with Gasteiger partial charge in [0.05, 0.1) is 6.04 Å². The predicted molar refractivity (Wildman–Crippen MR) is 111 cm³/mol. The van der Waals surface area contributed by atoms with Gasteiger partial charge in [-0.05, 0) is 30.5 Å². The maximum absolute atomic E-state index is 15.0. The van der Waals surface area contributed by atoms with Crippen LogP contribution in [0.25, 0.3) is 0 Å². The van der Waals surface area contributed by atoms with E-state index in [1.165, 1.54) is 5.56 Å². The van der Waals surface area contributed by atoms with Crippen molar-refractivity contribution in [1.29, 1.82) is 0 Å². The van der Waals surface area contributed by atoms with Crippen LogP contribution in [0.2, 0.25) is 0 Å². The number of carbonyl (C=O) groups excluding carboxylic acids is 1. The summed E-state index contributed by atoms with van der Waals surface area (Å²) in [6.07, 6.45) is 0.941. The average Bonchev–Trinajstić information content (AvgIpc) is 2.69. The number of likely N-dealkylation sites (tertiary alicyclic amines) is 1. The molecule has 27 heavy (non-hydrogen) atoms. The molecular weight excluding hydrogens is 363 g/mol. The second-order valence-electron chi connectivity index (χ2n) is 6.86. The van der Waals surface area contributed by atoms with E-state index in [4.69, 9.17) is 0 Å². The van der Waals surface area contributed by atoms with Crippen molar-refractivity contribution in [3.8, 4) is 0 Å². The van der Waals surface area contributed by atoms with Crippen LogP contribution >= 0.6 is 12.4 Å². The van der Waals surface area contributed by atoms with Gasteiger partial charge in [-0.15, -0.1) is 12.4 Å². The topological polar surface area (TPSA) is 23.6 Å². The number of rotatable bonds is 6. The van der Waals surface area contributed by atoms with E-state index in [2.05, 4.69) is 17.0 Å². The number of anilines is 1. The van der Waals surface area contributed by atoms with Crippen LogP contribution in [-0.2, 0) is 11.2 Å². The summed E-state index contributed by atoms with van der Waals surface area (Å²) in [5, 5.41) is 0. The van der Waals surface area contributed by atoms with Crippen LogP contribution in [0.15, 0.2) is 60.7 Å². The maximum Gasteiger partial charge on any atom is 0.227 e. The first kappa shape index (κ1) is 21.4. The third-order valence-corrected chi connectivity index (χ3v) is 5.09. The number of hydrogen-bond donors (Lipinski definition) is 0. The summed E-state index contributed by atoms with van der Waals surface area (Å²) in [5.74, 6) is -0.0124. The van der Waals surface area contributed by atoms with Gasteiger partial charge in [0.1, 0.15) is 6.17 Å². The van der Waals surface area contributed by atoms with Crippen molar-refractivity contribution in [3.63, 3.8) is 0 Å². The fraction of sp³-hybridized carbons (Fsp3) is 0.409. The number of hydrogen-bond acceptors (Lipinski definition) is 2. The SMILES string of the molecule is CCC(=O)N(c1ccccc1)C1CCN(CCc2ccccc2)CC1F.Cl. The third kappa shape index (κ3) is 5.53. The Kier molecular flexibility index (Phi) is 8.26. The molecule has 1 heterocycles. The lowest BCUT2D eigenvalue weighted by molar-refractivity contribution is -0.119. The Morgan fingerprint density at radius 1 is 1.11 bits per heavy atom. The van der Waals surface area contributed by atoms with Gasteiger partial charge in [0.15, 0.2) is 0 Å². The van der Waals surface area contributed by atoms with Gasteiger partial charge >= 0.3 is 0 Å². The molecule has 0 aliphatic carbocycles. The molecule has 2 aromatic carbocycles. The number of amides is 1. The van der Waals surface area contributed by atoms with E-state index in [0.29, 0.717) is 19.4 Å². The predicted octanol–water partition coefficient (Wildman–Crippen LogP) is 4.51. The normalized spacial score (nSPS) is 19.9. The van der Waals surface area contributed by atoms with Gasteiger partial charge in [-0.3, -0.25) is 9.69 Å². The maximum atomic E-state index is 15.0. The molecule has 5 heteroatoms. The molecule has 0 radical (unpaired) electrons. The molecule has 0 aromatic heterocycles. The molecule has 3 nitrogen and oxygen atoms in total. The first-order valence-corrected chi connectivity index (χ1v) is 9.46. The summed E-state index contributed by atoms with van der Waals surface area (Å²) < 4.78 is 15.0. The lowest BCUT2D eigenvalue weighted by Gasteiger charge is -2.40. The molecule has 1 aliphatic rings. The molecule has 0 saturated carbocycles. The zero-order chi connectivity index (χ0) is 18.4. The summed E-state index contributed by atoms with van der Waals surface area (Å²) in [4.78, 5) is 16.3. The van der Waals surface area contributed by atoms with E-state index in [0.717, 1.165) is 25.2 Å². The number of benzene rings is 2. The monoisotopic (exact) mass is 390 g/mol. The molecule has 146 valence electrons. The molecule has 1 fully saturated rings. The van der Waals surface area contributed by atoms with Crippen molar-refractivity contribution < 1.29 is 9.18 Å². The summed E-state index contributed by atoms with van der Waals surface area (Å²) in [5.41, 5.74) is 2.07. The van der Waals surface area contributed by atoms with Crippen molar-refractivity contribution in [3.05, 3.63) is 66.2 Å². The first-order valence-electron chi connectivity index (χ1n) is 9.46. The molecule has 1 saturated heterocycles. The van der Waals surface area contributed by atoms with Gasteiger partial charge in [0, 0.05) is 31.7 Å². The lowest BCUT2D eigenvalue weighted by Crippen LogP contribution is -2.54. The molecule has 1 aliphatic heterocycles. The zero-order valence-corrected chi connectivity index (χ0v) is 16.6. The Balaban J connectivity index is 0.00000261. The number of halogens is 2. The van der Waals surface area contributed by atoms with Crippen LogP contribution in [0.4, 0.5) is 10.1 Å². The van der Waals surface area contributed by atoms with Gasteiger partial charge in [0.25, 0.3) is 0 Å². The number of alkyl halides is 1. The Bertz CT molecular complexity index is 698. The molecule has 0 N–H and O–H groups in total. The van der Waals surface area contributed by atoms with Crippen LogP contribution in [0.1, 0.15) is 25.3 Å². The minimum absolute atomic E-state index is 0. The molecular formula is C22H28ClFN2O. The quantitative estimate of drug-likeness (QED) is 0.724. The van der Waals surface area contributed by atoms with E-state index in [-0.39, 0.29) is 24.4 Å². The van der Waals surface area contributed by atoms with E-state index in [1.54, 1.807) is 4.90 Å². The molecule has 0 spiro atoms. The Morgan fingerprint density at radius 3 is 2.33 bits per heavy atom. The number of carbonyl (C=O) groups is 1. The molecule has 2 unspecified atom stereocenters. The Labute approximate surface area is 167 Å². The van der Waals surface area contributed by atoms with Crippen LogP contribution in [-0.4, -0.2) is 42.7 Å². The fourth-order valence-electron chi connectivity index (χ4n) is 3.66. The van der Waals surface area contributed by atoms with Crippen LogP contribution in [0.3, 0.4) is 0 Å². The van der Waals surface area contributed by atoms with Crippen LogP contribution < -0.4 is 4.90 Å². The van der Waals surface area contributed by atoms with Gasteiger partial charge in [-0.1, -0.05) is 55.5 Å². The molecule has 0 bridgehead atoms. The van der Waals surface area contributed by atoms with Crippen molar-refractivity contribution in [1.82, 2.24) is 4.90 Å². The average molecular weight is 391 g/mol. The van der Waals surface area contributed by atoms with Crippen molar-refractivity contribution in [2.75, 3.05) is 24.5 Å². The second kappa shape index (κ2) is 10.4. The standard InChI is InChI=1S/C22H27FN2O.ClH/c1-2-22(26)25(19-11-7-4-8-12-19)21-14-16-24(17-20(21)23)15-13-18-9-5-3-6-10-18;/h3-12,20-21H,2,13-17H2,1H3;1H. The van der Waals surface area contributed by atoms with Crippen LogP contribution in [0, 0.1) is 0 Å². The smallest absolute Gasteiger partial charge is 0.227 e. The van der Waals surface area contributed by atoms with Crippen molar-refractivity contribution >= 4 is 24.0 Å². The number of piperidine rings is 1. The summed E-state index contributed by atoms with van der Waals surface area (Å²) in [7, 11) is 0. The number of nitrogens with zero attached hydrogens (tertiary/aromatic N) is 2. The summed E-state index contributed by atoms with van der Waals surface area (Å²) in [6, 6.07) is 19.4. The highest BCUT2D eigenvalue weighted by Gasteiger charge is 2.35. The fourth-order valence-corrected chi connectivity index (χ4v) is 3.66. The summed E-state index contributed by atoms with van der Waals surface area (Å²) >= 11 is 0. The van der Waals surface area contributed by atoms with E-state index in [1.807, 2.05) is 55.5 Å². The number of para-hydroxylation sites is 1. The van der Waals surface area contributed by atoms with Crippen molar-refractivity contribution in [2.24, 2.45) is 0 Å². The highest BCUT2D eigenvalue weighted by Crippen LogP contribution is 2.26. The van der Waals surface area contributed by atoms with Crippen molar-refractivity contribution in [2.45, 2.75) is 38.4 Å². The first-order chi connectivity index (χ1) is 12.7. The van der Waals surface area contributed by atoms with E-state index in [9.17, 15) is 4.79 Å². The second-order valence-corrected chi connectivity index (χ2v) is 6.86. The summed E-state index contributed by atoms with van der Waals surface area (Å²) in [6.45, 7) is 3.89. The minimum Gasteiger partial charge on any atom is -0.306 e. The Hall–Kier alpha value is -1.91. The third-order valence-electron chi connectivity index (χ3n) is 5.09. The highest BCUT2D eigenvalue weighted by atomic mass is 35.5. The lowest BCUT2D eigenvalue weighted by atomic mass is 9.99. The van der Waals surface area contributed by atoms with Gasteiger partial charge in [-0.2, -0.15) is 0 Å².